The molecule has 1 unspecified atom stereocenters. The molecule has 1 amide bonds. The molecule has 0 spiro atoms. The van der Waals surface area contributed by atoms with E-state index < -0.39 is 10.8 Å². The lowest BCUT2D eigenvalue weighted by Crippen LogP contribution is -2.27. The van der Waals surface area contributed by atoms with Crippen molar-refractivity contribution < 1.29 is 9.00 Å². The van der Waals surface area contributed by atoms with Crippen LogP contribution in [0.2, 0.25) is 0 Å². The molecule has 2 rings (SSSR count). The third-order valence-electron chi connectivity index (χ3n) is 2.22. The van der Waals surface area contributed by atoms with Crippen LogP contribution in [0.1, 0.15) is 6.92 Å². The molecule has 7 heteroatoms. The number of nitrogens with one attached hydrogen (secondary N) is 1. The Morgan fingerprint density at radius 1 is 1.56 bits per heavy atom. The molecule has 0 aliphatic heterocycles. The van der Waals surface area contributed by atoms with E-state index in [1.807, 2.05) is 6.92 Å². The number of nitrogens with zero attached hydrogens (tertiary/aromatic N) is 1. The Kier molecular flexibility index (Phi) is 3.93. The molecule has 0 bridgehead atoms. The van der Waals surface area contributed by atoms with E-state index in [0.29, 0.717) is 16.6 Å². The number of benzene rings is 1. The Labute approximate surface area is 111 Å². The molecule has 18 heavy (non-hydrogen) atoms. The number of carbonyl (C=O) groups excluding carboxylic acids is 1. The minimum atomic E-state index is -1.40. The SMILES string of the molecule is CCNC(=O)CS(=O)c1nc2ccc(N)cc2s1. The molecule has 3 N–H and O–H groups in total. The maximum atomic E-state index is 12.0. The average Bonchev–Trinajstić information content (AvgIpc) is 2.72. The summed E-state index contributed by atoms with van der Waals surface area (Å²) in [6.45, 7) is 2.35. The number of amides is 1. The van der Waals surface area contributed by atoms with Crippen molar-refractivity contribution in [2.24, 2.45) is 0 Å². The van der Waals surface area contributed by atoms with Crippen LogP contribution in [0, 0.1) is 0 Å². The number of nitrogens with two attached hydrogens (primary N) is 1. The highest BCUT2D eigenvalue weighted by Gasteiger charge is 2.14. The first-order valence-electron chi connectivity index (χ1n) is 5.41. The molecule has 96 valence electrons. The number of aromatic nitrogens is 1. The van der Waals surface area contributed by atoms with Crippen LogP contribution in [0.25, 0.3) is 10.2 Å². The largest absolute Gasteiger partial charge is 0.399 e. The highest BCUT2D eigenvalue weighted by atomic mass is 32.2. The lowest BCUT2D eigenvalue weighted by molar-refractivity contribution is -0.118. The number of thiazole rings is 1. The Morgan fingerprint density at radius 3 is 3.06 bits per heavy atom. The second kappa shape index (κ2) is 5.45. The molecule has 0 aliphatic carbocycles. The molecule has 1 aromatic carbocycles. The Balaban J connectivity index is 2.20. The Hall–Kier alpha value is -1.47. The predicted molar refractivity (Wildman–Crippen MR) is 74.0 cm³/mol. The van der Waals surface area contributed by atoms with Crippen molar-refractivity contribution in [2.75, 3.05) is 18.0 Å². The van der Waals surface area contributed by atoms with Gasteiger partial charge in [-0.15, -0.1) is 11.3 Å². The van der Waals surface area contributed by atoms with Gasteiger partial charge in [-0.25, -0.2) is 4.98 Å². The third-order valence-corrected chi connectivity index (χ3v) is 4.85. The van der Waals surface area contributed by atoms with Crippen LogP contribution in [-0.4, -0.2) is 27.4 Å². The Bertz CT molecular complexity index is 609. The molecule has 0 fully saturated rings. The molecule has 0 saturated carbocycles. The number of hydrogen-bond acceptors (Lipinski definition) is 5. The number of rotatable bonds is 4. The van der Waals surface area contributed by atoms with Gasteiger partial charge in [0.05, 0.1) is 21.0 Å². The molecule has 2 aromatic rings. The topological polar surface area (TPSA) is 85.1 Å². The summed E-state index contributed by atoms with van der Waals surface area (Å²) in [6.07, 6.45) is 0. The summed E-state index contributed by atoms with van der Waals surface area (Å²) in [5, 5.41) is 2.61. The van der Waals surface area contributed by atoms with Gasteiger partial charge in [0.15, 0.2) is 4.34 Å². The van der Waals surface area contributed by atoms with E-state index in [1.165, 1.54) is 11.3 Å². The lowest BCUT2D eigenvalue weighted by Gasteiger charge is -1.99. The zero-order valence-corrected chi connectivity index (χ0v) is 11.4. The van der Waals surface area contributed by atoms with Crippen molar-refractivity contribution in [3.05, 3.63) is 18.2 Å². The minimum absolute atomic E-state index is 0.0524. The van der Waals surface area contributed by atoms with Gasteiger partial charge >= 0.3 is 0 Å². The van der Waals surface area contributed by atoms with Crippen LogP contribution in [0.3, 0.4) is 0 Å². The van der Waals surface area contributed by atoms with Crippen molar-refractivity contribution in [2.45, 2.75) is 11.3 Å². The quantitative estimate of drug-likeness (QED) is 0.824. The molecule has 0 aliphatic rings. The van der Waals surface area contributed by atoms with Gasteiger partial charge in [0.25, 0.3) is 0 Å². The van der Waals surface area contributed by atoms with Crippen molar-refractivity contribution >= 4 is 43.9 Å². The summed E-state index contributed by atoms with van der Waals surface area (Å²) in [6, 6.07) is 5.33. The maximum absolute atomic E-state index is 12.0. The first-order valence-corrected chi connectivity index (χ1v) is 7.55. The molecule has 1 aromatic heterocycles. The molecule has 0 saturated heterocycles. The highest BCUT2D eigenvalue weighted by Crippen LogP contribution is 2.26. The van der Waals surface area contributed by atoms with Crippen LogP contribution >= 0.6 is 11.3 Å². The number of carbonyl (C=O) groups is 1. The van der Waals surface area contributed by atoms with E-state index in [0.717, 1.165) is 10.2 Å². The van der Waals surface area contributed by atoms with E-state index in [2.05, 4.69) is 10.3 Å². The monoisotopic (exact) mass is 283 g/mol. The fourth-order valence-electron chi connectivity index (χ4n) is 1.45. The number of nitrogen functional groups attached to an aromatic ring is 1. The first kappa shape index (κ1) is 13.0. The summed E-state index contributed by atoms with van der Waals surface area (Å²) in [5.41, 5.74) is 7.07. The van der Waals surface area contributed by atoms with E-state index in [4.69, 9.17) is 5.73 Å². The highest BCUT2D eigenvalue weighted by molar-refractivity contribution is 7.88. The molecule has 5 nitrogen and oxygen atoms in total. The summed E-state index contributed by atoms with van der Waals surface area (Å²) in [7, 11) is -1.40. The zero-order valence-electron chi connectivity index (χ0n) is 9.80. The van der Waals surface area contributed by atoms with Crippen molar-refractivity contribution in [1.29, 1.82) is 0 Å². The van der Waals surface area contributed by atoms with Gasteiger partial charge < -0.3 is 11.1 Å². The summed E-state index contributed by atoms with van der Waals surface area (Å²) in [5.74, 6) is -0.280. The predicted octanol–water partition coefficient (Wildman–Crippen LogP) is 1.12. The van der Waals surface area contributed by atoms with Crippen molar-refractivity contribution in [3.63, 3.8) is 0 Å². The molecule has 1 heterocycles. The van der Waals surface area contributed by atoms with Gasteiger partial charge in [-0.1, -0.05) is 0 Å². The van der Waals surface area contributed by atoms with E-state index >= 15 is 0 Å². The smallest absolute Gasteiger partial charge is 0.233 e. The van der Waals surface area contributed by atoms with Gasteiger partial charge in [-0.2, -0.15) is 0 Å². The second-order valence-corrected chi connectivity index (χ2v) is 6.31. The summed E-state index contributed by atoms with van der Waals surface area (Å²) >= 11 is 1.31. The van der Waals surface area contributed by atoms with Crippen LogP contribution in [0.5, 0.6) is 0 Å². The third kappa shape index (κ3) is 2.85. The molecular weight excluding hydrogens is 270 g/mol. The number of hydrogen-bond donors (Lipinski definition) is 2. The molecule has 0 radical (unpaired) electrons. The fraction of sp³-hybridized carbons (Fsp3) is 0.273. The Morgan fingerprint density at radius 2 is 2.33 bits per heavy atom. The van der Waals surface area contributed by atoms with Crippen molar-refractivity contribution in [1.82, 2.24) is 10.3 Å². The minimum Gasteiger partial charge on any atom is -0.399 e. The first-order chi connectivity index (χ1) is 8.60. The van der Waals surface area contributed by atoms with Gasteiger partial charge in [0, 0.05) is 12.2 Å². The van der Waals surface area contributed by atoms with Crippen LogP contribution < -0.4 is 11.1 Å². The average molecular weight is 283 g/mol. The van der Waals surface area contributed by atoms with Gasteiger partial charge in [0.2, 0.25) is 5.91 Å². The van der Waals surface area contributed by atoms with E-state index in [1.54, 1.807) is 18.2 Å². The maximum Gasteiger partial charge on any atom is 0.233 e. The zero-order chi connectivity index (χ0) is 13.1. The lowest BCUT2D eigenvalue weighted by atomic mass is 10.3. The van der Waals surface area contributed by atoms with Gasteiger partial charge in [0.1, 0.15) is 5.75 Å². The normalized spacial score (nSPS) is 12.5. The van der Waals surface area contributed by atoms with Crippen LogP contribution in [0.4, 0.5) is 5.69 Å². The second-order valence-electron chi connectivity index (χ2n) is 3.65. The van der Waals surface area contributed by atoms with E-state index in [-0.39, 0.29) is 11.7 Å². The summed E-state index contributed by atoms with van der Waals surface area (Å²) in [4.78, 5) is 15.6. The van der Waals surface area contributed by atoms with Gasteiger partial charge in [-0.05, 0) is 25.1 Å². The fourth-order valence-corrected chi connectivity index (χ4v) is 3.67. The molecular formula is C11H13N3O2S2. The number of anilines is 1. The number of fused-ring (bicyclic) bond motifs is 1. The van der Waals surface area contributed by atoms with Gasteiger partial charge in [-0.3, -0.25) is 9.00 Å². The molecule has 1 atom stereocenters. The standard InChI is InChI=1S/C11H13N3O2S2/c1-2-13-10(15)6-18(16)11-14-8-4-3-7(12)5-9(8)17-11/h3-5H,2,6,12H2,1H3,(H,13,15). The van der Waals surface area contributed by atoms with E-state index in [9.17, 15) is 9.00 Å². The van der Waals surface area contributed by atoms with Crippen LogP contribution in [0.15, 0.2) is 22.5 Å². The van der Waals surface area contributed by atoms with Crippen molar-refractivity contribution in [3.8, 4) is 0 Å². The summed E-state index contributed by atoms with van der Waals surface area (Å²) < 4.78 is 13.3. The van der Waals surface area contributed by atoms with Crippen LogP contribution in [-0.2, 0) is 15.6 Å².